The quantitative estimate of drug-likeness (QED) is 0.537. The largest absolute Gasteiger partial charge is 0.298 e. The lowest BCUT2D eigenvalue weighted by atomic mass is 10.0. The van der Waals surface area contributed by atoms with Crippen LogP contribution < -0.4 is 0 Å². The van der Waals surface area contributed by atoms with Gasteiger partial charge in [0.2, 0.25) is 0 Å². The average Bonchev–Trinajstić information content (AvgIpc) is 2.20. The molecule has 0 aliphatic carbocycles. The number of carbonyl (C=O) groups is 4. The minimum atomic E-state index is -0.993. The van der Waals surface area contributed by atoms with Crippen LogP contribution in [0.15, 0.2) is 0 Å². The van der Waals surface area contributed by atoms with Crippen LogP contribution in [-0.2, 0) is 19.2 Å². The summed E-state index contributed by atoms with van der Waals surface area (Å²) in [5.41, 5.74) is 0. The van der Waals surface area contributed by atoms with E-state index in [9.17, 15) is 19.2 Å². The first-order valence-corrected chi connectivity index (χ1v) is 5.30. The Morgan fingerprint density at radius 3 is 1.00 bits per heavy atom. The number of carbonyl (C=O) groups excluding carboxylic acids is 4. The first-order chi connectivity index (χ1) is 8.27. The van der Waals surface area contributed by atoms with Crippen molar-refractivity contribution in [2.24, 2.45) is 11.8 Å². The summed E-state index contributed by atoms with van der Waals surface area (Å²) in [6.07, 6.45) is 0. The van der Waals surface area contributed by atoms with Gasteiger partial charge in [0.1, 0.15) is 11.8 Å². The Morgan fingerprint density at radius 1 is 0.611 bits per heavy atom. The maximum Gasteiger partial charge on any atom is 0.152 e. The Labute approximate surface area is 106 Å². The minimum absolute atomic E-state index is 0.355. The zero-order chi connectivity index (χ0) is 14.3. The van der Waals surface area contributed by atoms with Crippen molar-refractivity contribution in [2.45, 2.75) is 27.7 Å². The third-order valence-electron chi connectivity index (χ3n) is 2.12. The Morgan fingerprint density at radius 2 is 0.833 bits per heavy atom. The van der Waals surface area contributed by atoms with E-state index in [-0.39, 0.29) is 23.1 Å². The molecule has 0 amide bonds. The van der Waals surface area contributed by atoms with E-state index >= 15 is 0 Å². The third kappa shape index (κ3) is 5.23. The van der Waals surface area contributed by atoms with Crippen molar-refractivity contribution < 1.29 is 19.2 Å². The molecule has 18 heavy (non-hydrogen) atoms. The maximum absolute atomic E-state index is 11.1. The van der Waals surface area contributed by atoms with Gasteiger partial charge in [-0.1, -0.05) is 11.8 Å². The molecule has 4 nitrogen and oxygen atoms in total. The number of hydrogen-bond acceptors (Lipinski definition) is 4. The molecule has 94 valence electrons. The summed E-state index contributed by atoms with van der Waals surface area (Å²) in [6.45, 7) is 5.06. The molecule has 0 spiro atoms. The molecule has 0 aromatic carbocycles. The maximum atomic E-state index is 11.1. The molecule has 0 bridgehead atoms. The van der Waals surface area contributed by atoms with Gasteiger partial charge in [0.15, 0.2) is 23.1 Å². The van der Waals surface area contributed by atoms with E-state index in [0.29, 0.717) is 0 Å². The molecular weight excluding hydrogens is 232 g/mol. The van der Waals surface area contributed by atoms with E-state index in [1.165, 1.54) is 27.7 Å². The molecule has 0 aromatic rings. The number of hydrogen-bond donors (Lipinski definition) is 0. The molecule has 0 N–H and O–H groups in total. The summed E-state index contributed by atoms with van der Waals surface area (Å²) >= 11 is 0. The second-order valence-corrected chi connectivity index (χ2v) is 3.85. The van der Waals surface area contributed by atoms with E-state index in [4.69, 9.17) is 0 Å². The van der Waals surface area contributed by atoms with Gasteiger partial charge in [0, 0.05) is 0 Å². The van der Waals surface area contributed by atoms with Gasteiger partial charge in [-0.05, 0) is 39.5 Å². The fraction of sp³-hybridized carbons (Fsp3) is 0.429. The predicted octanol–water partition coefficient (Wildman–Crippen LogP) is 0.582. The van der Waals surface area contributed by atoms with Crippen molar-refractivity contribution in [2.75, 3.05) is 0 Å². The van der Waals surface area contributed by atoms with Gasteiger partial charge in [-0.15, -0.1) is 0 Å². The van der Waals surface area contributed by atoms with E-state index in [2.05, 4.69) is 23.7 Å². The van der Waals surface area contributed by atoms with Crippen LogP contribution >= 0.6 is 0 Å². The van der Waals surface area contributed by atoms with E-state index in [1.807, 2.05) is 0 Å². The molecule has 0 unspecified atom stereocenters. The molecule has 0 fully saturated rings. The monoisotopic (exact) mass is 246 g/mol. The second kappa shape index (κ2) is 7.19. The normalized spacial score (nSPS) is 9.00. The second-order valence-electron chi connectivity index (χ2n) is 3.85. The summed E-state index contributed by atoms with van der Waals surface area (Å²) in [5.74, 6) is 6.07. The highest BCUT2D eigenvalue weighted by Gasteiger charge is 2.16. The summed E-state index contributed by atoms with van der Waals surface area (Å²) in [4.78, 5) is 44.2. The van der Waals surface area contributed by atoms with Crippen molar-refractivity contribution in [1.82, 2.24) is 0 Å². The fourth-order valence-corrected chi connectivity index (χ4v) is 1.20. The van der Waals surface area contributed by atoms with Gasteiger partial charge in [-0.25, -0.2) is 0 Å². The lowest BCUT2D eigenvalue weighted by Gasteiger charge is -1.99. The lowest BCUT2D eigenvalue weighted by Crippen LogP contribution is -2.17. The van der Waals surface area contributed by atoms with Gasteiger partial charge in [-0.2, -0.15) is 0 Å². The Hall–Kier alpha value is -2.20. The molecule has 0 aliphatic heterocycles. The smallest absolute Gasteiger partial charge is 0.152 e. The number of ketones is 4. The van der Waals surface area contributed by atoms with Crippen LogP contribution in [0.25, 0.3) is 0 Å². The highest BCUT2D eigenvalue weighted by atomic mass is 16.2. The molecule has 0 rings (SSSR count). The predicted molar refractivity (Wildman–Crippen MR) is 65.3 cm³/mol. The van der Waals surface area contributed by atoms with Crippen LogP contribution in [0.1, 0.15) is 27.7 Å². The van der Waals surface area contributed by atoms with E-state index in [1.54, 1.807) is 0 Å². The molecule has 0 atom stereocenters. The third-order valence-corrected chi connectivity index (χ3v) is 2.12. The molecule has 4 heteroatoms. The van der Waals surface area contributed by atoms with Crippen LogP contribution in [-0.4, -0.2) is 23.1 Å². The van der Waals surface area contributed by atoms with Gasteiger partial charge in [-0.3, -0.25) is 19.2 Å². The van der Waals surface area contributed by atoms with Crippen molar-refractivity contribution in [3.8, 4) is 23.7 Å². The SMILES string of the molecule is CC(=O)C(C#CC#CC(C(C)=O)C(C)=O)C(C)=O. The fourth-order valence-electron chi connectivity index (χ4n) is 1.20. The van der Waals surface area contributed by atoms with E-state index in [0.717, 1.165) is 0 Å². The van der Waals surface area contributed by atoms with Crippen LogP contribution in [0.2, 0.25) is 0 Å². The standard InChI is InChI=1S/C14H14O4/c1-9(15)13(10(2)16)7-5-6-8-14(11(3)17)12(4)18/h13-14H,1-4H3. The van der Waals surface area contributed by atoms with Crippen LogP contribution in [0.3, 0.4) is 0 Å². The van der Waals surface area contributed by atoms with Crippen molar-refractivity contribution in [3.05, 3.63) is 0 Å². The van der Waals surface area contributed by atoms with Crippen molar-refractivity contribution >= 4 is 23.1 Å². The molecule has 0 aromatic heterocycles. The van der Waals surface area contributed by atoms with Gasteiger partial charge >= 0.3 is 0 Å². The van der Waals surface area contributed by atoms with Crippen molar-refractivity contribution in [3.63, 3.8) is 0 Å². The summed E-state index contributed by atoms with van der Waals surface area (Å²) in [7, 11) is 0. The van der Waals surface area contributed by atoms with Crippen LogP contribution in [0.5, 0.6) is 0 Å². The molecular formula is C14H14O4. The van der Waals surface area contributed by atoms with Crippen LogP contribution in [0.4, 0.5) is 0 Å². The average molecular weight is 246 g/mol. The van der Waals surface area contributed by atoms with Gasteiger partial charge < -0.3 is 0 Å². The molecule has 0 heterocycles. The molecule has 0 saturated heterocycles. The van der Waals surface area contributed by atoms with Gasteiger partial charge in [0.25, 0.3) is 0 Å². The Kier molecular flexibility index (Phi) is 6.31. The molecule has 0 saturated carbocycles. The highest BCUT2D eigenvalue weighted by molar-refractivity contribution is 6.04. The Bertz CT molecular complexity index is 429. The molecule has 0 aliphatic rings. The zero-order valence-corrected chi connectivity index (χ0v) is 10.8. The number of Topliss-reactive ketones (excluding diaryl/α,β-unsaturated/α-hetero) is 4. The van der Waals surface area contributed by atoms with Gasteiger partial charge in [0.05, 0.1) is 0 Å². The van der Waals surface area contributed by atoms with Crippen LogP contribution in [0, 0.1) is 35.5 Å². The minimum Gasteiger partial charge on any atom is -0.298 e. The summed E-state index contributed by atoms with van der Waals surface area (Å²) < 4.78 is 0. The first kappa shape index (κ1) is 15.8. The summed E-state index contributed by atoms with van der Waals surface area (Å²) in [5, 5.41) is 0. The summed E-state index contributed by atoms with van der Waals surface area (Å²) in [6, 6.07) is 0. The topological polar surface area (TPSA) is 68.3 Å². The number of rotatable bonds is 4. The first-order valence-electron chi connectivity index (χ1n) is 5.30. The lowest BCUT2D eigenvalue weighted by molar-refractivity contribution is -0.129. The van der Waals surface area contributed by atoms with E-state index < -0.39 is 11.8 Å². The molecule has 0 radical (unpaired) electrons. The zero-order valence-electron chi connectivity index (χ0n) is 10.8. The highest BCUT2D eigenvalue weighted by Crippen LogP contribution is 1.99. The van der Waals surface area contributed by atoms with Crippen molar-refractivity contribution in [1.29, 1.82) is 0 Å². The Balaban J connectivity index is 4.97.